The Kier molecular flexibility index (Phi) is 5.97. The van der Waals surface area contributed by atoms with E-state index < -0.39 is 54.8 Å². The number of aromatic hydroxyl groups is 1. The number of rotatable bonds is 5. The van der Waals surface area contributed by atoms with Crippen LogP contribution in [0, 0.1) is 6.92 Å². The fraction of sp³-hybridized carbons (Fsp3) is 0.400. The van der Waals surface area contributed by atoms with Gasteiger partial charge < -0.3 is 40.1 Å². The normalized spacial score (nSPS) is 26.5. The first-order valence-corrected chi connectivity index (χ1v) is 9.08. The predicted octanol–water partition coefficient (Wildman–Crippen LogP) is -0.0667. The van der Waals surface area contributed by atoms with E-state index >= 15 is 0 Å². The molecule has 0 amide bonds. The van der Waals surface area contributed by atoms with Crippen LogP contribution < -0.4 is 4.74 Å². The number of carbonyl (C=O) groups is 2. The summed E-state index contributed by atoms with van der Waals surface area (Å²) in [6.07, 6.45) is -7.91. The second-order valence-corrected chi connectivity index (χ2v) is 7.17. The molecule has 0 saturated carbocycles. The summed E-state index contributed by atoms with van der Waals surface area (Å²) in [5.74, 6) is -2.38. The Morgan fingerprint density at radius 1 is 1.10 bits per heavy atom. The van der Waals surface area contributed by atoms with E-state index in [0.29, 0.717) is 5.56 Å². The van der Waals surface area contributed by atoms with Gasteiger partial charge in [-0.2, -0.15) is 0 Å². The van der Waals surface area contributed by atoms with Gasteiger partial charge in [-0.05, 0) is 36.9 Å². The Labute approximate surface area is 170 Å². The molecule has 1 aliphatic heterocycles. The zero-order valence-electron chi connectivity index (χ0n) is 16.1. The minimum atomic E-state index is -1.74. The Bertz CT molecular complexity index is 999. The Hall–Kier alpha value is -2.76. The molecule has 5 atom stereocenters. The minimum Gasteiger partial charge on any atom is -0.506 e. The van der Waals surface area contributed by atoms with Crippen molar-refractivity contribution in [3.05, 3.63) is 34.9 Å². The molecule has 0 radical (unpaired) electrons. The monoisotopic (exact) mass is 422 g/mol. The van der Waals surface area contributed by atoms with E-state index in [4.69, 9.17) is 9.47 Å². The molecular formula is C20H22O10. The van der Waals surface area contributed by atoms with Gasteiger partial charge >= 0.3 is 5.97 Å². The Balaban J connectivity index is 2.17. The smallest absolute Gasteiger partial charge is 0.335 e. The van der Waals surface area contributed by atoms with Gasteiger partial charge in [-0.1, -0.05) is 6.07 Å². The number of aliphatic hydroxyl groups is 4. The van der Waals surface area contributed by atoms with Gasteiger partial charge in [-0.25, -0.2) is 4.79 Å². The number of aryl methyl sites for hydroxylation is 1. The molecule has 1 aliphatic rings. The zero-order valence-corrected chi connectivity index (χ0v) is 16.1. The lowest BCUT2D eigenvalue weighted by molar-refractivity contribution is -0.277. The van der Waals surface area contributed by atoms with E-state index in [-0.39, 0.29) is 27.6 Å². The molecule has 0 unspecified atom stereocenters. The number of Topliss-reactive ketones (excluding diaryl/α,β-unsaturated/α-hetero) is 1. The third-order valence-electron chi connectivity index (χ3n) is 5.06. The van der Waals surface area contributed by atoms with Crippen LogP contribution in [0.25, 0.3) is 10.8 Å². The number of benzene rings is 2. The summed E-state index contributed by atoms with van der Waals surface area (Å²) in [4.78, 5) is 23.5. The van der Waals surface area contributed by atoms with Crippen LogP contribution in [-0.4, -0.2) is 79.7 Å². The van der Waals surface area contributed by atoms with E-state index in [0.717, 1.165) is 6.07 Å². The number of ketones is 1. The van der Waals surface area contributed by atoms with Crippen molar-refractivity contribution in [2.45, 2.75) is 44.6 Å². The van der Waals surface area contributed by atoms with Gasteiger partial charge in [0.25, 0.3) is 0 Å². The number of carboxylic acids is 1. The molecule has 1 heterocycles. The van der Waals surface area contributed by atoms with Gasteiger partial charge in [0.1, 0.15) is 35.9 Å². The number of hydrogen-bond acceptors (Lipinski definition) is 9. The van der Waals surface area contributed by atoms with Gasteiger partial charge in [0.2, 0.25) is 6.29 Å². The molecule has 2 aromatic carbocycles. The number of aromatic carboxylic acids is 1. The number of carbonyl (C=O) groups excluding carboxylic acids is 1. The predicted molar refractivity (Wildman–Crippen MR) is 102 cm³/mol. The summed E-state index contributed by atoms with van der Waals surface area (Å²) in [5, 5.41) is 59.8. The van der Waals surface area contributed by atoms with Crippen LogP contribution in [0.4, 0.5) is 0 Å². The van der Waals surface area contributed by atoms with Crippen LogP contribution in [0.1, 0.15) is 33.2 Å². The molecule has 1 fully saturated rings. The minimum absolute atomic E-state index is 0.00719. The highest BCUT2D eigenvalue weighted by atomic mass is 16.7. The van der Waals surface area contributed by atoms with E-state index in [9.17, 15) is 40.2 Å². The van der Waals surface area contributed by atoms with Gasteiger partial charge in [-0.15, -0.1) is 0 Å². The third-order valence-corrected chi connectivity index (χ3v) is 5.06. The highest BCUT2D eigenvalue weighted by molar-refractivity contribution is 6.08. The van der Waals surface area contributed by atoms with Crippen LogP contribution in [0.3, 0.4) is 0 Å². The van der Waals surface area contributed by atoms with E-state index in [1.807, 2.05) is 0 Å². The molecule has 1 saturated heterocycles. The van der Waals surface area contributed by atoms with Gasteiger partial charge in [0.05, 0.1) is 23.1 Å². The maximum Gasteiger partial charge on any atom is 0.335 e. The molecule has 10 nitrogen and oxygen atoms in total. The highest BCUT2D eigenvalue weighted by Crippen LogP contribution is 2.40. The molecule has 0 spiro atoms. The van der Waals surface area contributed by atoms with Crippen molar-refractivity contribution in [2.75, 3.05) is 6.61 Å². The highest BCUT2D eigenvalue weighted by Gasteiger charge is 2.45. The summed E-state index contributed by atoms with van der Waals surface area (Å²) in [6, 6.07) is 3.87. The molecular weight excluding hydrogens is 400 g/mol. The second kappa shape index (κ2) is 8.17. The lowest BCUT2D eigenvalue weighted by atomic mass is 9.95. The van der Waals surface area contributed by atoms with Crippen LogP contribution in [0.5, 0.6) is 11.5 Å². The molecule has 30 heavy (non-hydrogen) atoms. The maximum atomic E-state index is 12.0. The summed E-state index contributed by atoms with van der Waals surface area (Å²) in [7, 11) is 0. The van der Waals surface area contributed by atoms with Gasteiger partial charge in [-0.3, -0.25) is 4.79 Å². The first-order valence-electron chi connectivity index (χ1n) is 9.08. The van der Waals surface area contributed by atoms with E-state index in [1.54, 1.807) is 6.92 Å². The maximum absolute atomic E-state index is 12.0. The topological polar surface area (TPSA) is 174 Å². The summed E-state index contributed by atoms with van der Waals surface area (Å²) in [6.45, 7) is 2.17. The number of ether oxygens (including phenoxy) is 2. The SMILES string of the molecule is CC(=O)c1c(C)cc2cc(C(=O)O)cc(O[C@@H]3O[C@H](CO)[C@@H](O)[C@H](O)[C@H]3O)c2c1O. The summed E-state index contributed by atoms with van der Waals surface area (Å²) >= 11 is 0. The van der Waals surface area contributed by atoms with Crippen molar-refractivity contribution in [1.29, 1.82) is 0 Å². The summed E-state index contributed by atoms with van der Waals surface area (Å²) in [5.41, 5.74) is 0.245. The molecule has 0 aliphatic carbocycles. The van der Waals surface area contributed by atoms with Crippen molar-refractivity contribution >= 4 is 22.5 Å². The van der Waals surface area contributed by atoms with Gasteiger partial charge in [0.15, 0.2) is 5.78 Å². The first kappa shape index (κ1) is 21.9. The quantitative estimate of drug-likeness (QED) is 0.358. The average Bonchev–Trinajstić information content (AvgIpc) is 2.67. The Morgan fingerprint density at radius 2 is 1.77 bits per heavy atom. The fourth-order valence-electron chi connectivity index (χ4n) is 3.57. The molecule has 10 heteroatoms. The Morgan fingerprint density at radius 3 is 2.33 bits per heavy atom. The van der Waals surface area contributed by atoms with Crippen LogP contribution in [0.15, 0.2) is 18.2 Å². The number of aliphatic hydroxyl groups excluding tert-OH is 4. The average molecular weight is 422 g/mol. The lowest BCUT2D eigenvalue weighted by Gasteiger charge is -2.39. The van der Waals surface area contributed by atoms with Crippen LogP contribution >= 0.6 is 0 Å². The molecule has 0 bridgehead atoms. The van der Waals surface area contributed by atoms with Crippen molar-refractivity contribution in [3.8, 4) is 11.5 Å². The van der Waals surface area contributed by atoms with Crippen molar-refractivity contribution in [2.24, 2.45) is 0 Å². The molecule has 3 rings (SSSR count). The number of phenols is 1. The number of carboxylic acid groups (broad SMARTS) is 1. The van der Waals surface area contributed by atoms with Crippen molar-refractivity contribution in [3.63, 3.8) is 0 Å². The van der Waals surface area contributed by atoms with E-state index in [1.165, 1.54) is 19.1 Å². The largest absolute Gasteiger partial charge is 0.506 e. The third kappa shape index (κ3) is 3.71. The number of phenolic OH excluding ortho intramolecular Hbond substituents is 1. The van der Waals surface area contributed by atoms with Crippen LogP contribution in [-0.2, 0) is 4.74 Å². The second-order valence-electron chi connectivity index (χ2n) is 7.17. The molecule has 2 aromatic rings. The molecule has 162 valence electrons. The fourth-order valence-corrected chi connectivity index (χ4v) is 3.57. The lowest BCUT2D eigenvalue weighted by Crippen LogP contribution is -2.60. The van der Waals surface area contributed by atoms with Crippen molar-refractivity contribution < 1.29 is 49.7 Å². The summed E-state index contributed by atoms with van der Waals surface area (Å²) < 4.78 is 10.9. The van der Waals surface area contributed by atoms with Crippen LogP contribution in [0.2, 0.25) is 0 Å². The van der Waals surface area contributed by atoms with Gasteiger partial charge in [0, 0.05) is 0 Å². The molecule has 6 N–H and O–H groups in total. The van der Waals surface area contributed by atoms with Crippen molar-refractivity contribution in [1.82, 2.24) is 0 Å². The standard InChI is InChI=1S/C20H22O10/c1-7-3-9-4-10(19(27)28)5-11(14(9)16(24)13(7)8(2)22)29-20-18(26)17(25)15(23)12(6-21)30-20/h3-5,12,15,17-18,20-21,23-26H,6H2,1-2H3,(H,27,28)/t12-,15-,17+,18-,20-/m1/s1. The molecule has 0 aromatic heterocycles. The first-order chi connectivity index (χ1) is 14.1. The zero-order chi connectivity index (χ0) is 22.3. The number of hydrogen-bond donors (Lipinski definition) is 6. The van der Waals surface area contributed by atoms with E-state index in [2.05, 4.69) is 0 Å². The number of fused-ring (bicyclic) bond motifs is 1.